The van der Waals surface area contributed by atoms with Gasteiger partial charge in [0.1, 0.15) is 0 Å². The van der Waals surface area contributed by atoms with Gasteiger partial charge in [0.2, 0.25) is 5.91 Å². The number of hydrogen-bond donors (Lipinski definition) is 1. The number of aliphatic hydroxyl groups excluding tert-OH is 1. The van der Waals surface area contributed by atoms with Crippen molar-refractivity contribution in [2.45, 2.75) is 39.7 Å². The first kappa shape index (κ1) is 11.5. The van der Waals surface area contributed by atoms with Crippen molar-refractivity contribution in [1.82, 2.24) is 4.90 Å². The Bertz CT molecular complexity index is 203. The fourth-order valence-electron chi connectivity index (χ4n) is 2.30. The lowest BCUT2D eigenvalue weighted by atomic mass is 10.0. The number of likely N-dealkylation sites (tertiary alicyclic amines) is 1. The highest BCUT2D eigenvalue weighted by Crippen LogP contribution is 2.24. The molecule has 1 saturated heterocycles. The Morgan fingerprint density at radius 1 is 1.57 bits per heavy atom. The maximum absolute atomic E-state index is 11.7. The minimum Gasteiger partial charge on any atom is -0.396 e. The molecular weight excluding hydrogens is 178 g/mol. The third-order valence-electron chi connectivity index (χ3n) is 3.08. The summed E-state index contributed by atoms with van der Waals surface area (Å²) in [5.74, 6) is 0.876. The Morgan fingerprint density at radius 2 is 2.21 bits per heavy atom. The van der Waals surface area contributed by atoms with Crippen molar-refractivity contribution in [1.29, 1.82) is 0 Å². The molecule has 14 heavy (non-hydrogen) atoms. The number of rotatable bonds is 4. The second kappa shape index (κ2) is 4.78. The molecule has 1 N–H and O–H groups in total. The molecule has 1 amide bonds. The number of amides is 1. The molecule has 0 saturated carbocycles. The maximum Gasteiger partial charge on any atom is 0.223 e. The highest BCUT2D eigenvalue weighted by atomic mass is 16.3. The van der Waals surface area contributed by atoms with Gasteiger partial charge < -0.3 is 10.0 Å². The Morgan fingerprint density at radius 3 is 2.57 bits per heavy atom. The first-order valence-corrected chi connectivity index (χ1v) is 5.50. The normalized spacial score (nSPS) is 24.8. The van der Waals surface area contributed by atoms with E-state index in [4.69, 9.17) is 5.11 Å². The predicted octanol–water partition coefficient (Wildman–Crippen LogP) is 1.26. The van der Waals surface area contributed by atoms with Crippen LogP contribution in [0.3, 0.4) is 0 Å². The molecule has 82 valence electrons. The molecule has 3 nitrogen and oxygen atoms in total. The zero-order valence-corrected chi connectivity index (χ0v) is 9.36. The minimum absolute atomic E-state index is 0.136. The Balaban J connectivity index is 2.63. The molecular formula is C11H21NO2. The van der Waals surface area contributed by atoms with Gasteiger partial charge in [0.15, 0.2) is 0 Å². The molecule has 1 heterocycles. The van der Waals surface area contributed by atoms with Gasteiger partial charge in [-0.15, -0.1) is 0 Å². The van der Waals surface area contributed by atoms with E-state index in [2.05, 4.69) is 20.8 Å². The Hall–Kier alpha value is -0.570. The third kappa shape index (κ3) is 2.27. The predicted molar refractivity (Wildman–Crippen MR) is 55.8 cm³/mol. The second-order valence-electron chi connectivity index (χ2n) is 4.52. The van der Waals surface area contributed by atoms with Crippen LogP contribution in [0, 0.1) is 11.8 Å². The summed E-state index contributed by atoms with van der Waals surface area (Å²) in [6, 6.07) is 0.346. The van der Waals surface area contributed by atoms with Gasteiger partial charge in [-0.25, -0.2) is 0 Å². The molecule has 0 aromatic heterocycles. The molecule has 0 aromatic rings. The summed E-state index contributed by atoms with van der Waals surface area (Å²) in [5, 5.41) is 9.02. The minimum atomic E-state index is 0.136. The first-order valence-electron chi connectivity index (χ1n) is 5.50. The van der Waals surface area contributed by atoms with Crippen molar-refractivity contribution in [3.8, 4) is 0 Å². The number of aliphatic hydroxyl groups is 1. The molecule has 1 fully saturated rings. The molecule has 2 unspecified atom stereocenters. The lowest BCUT2D eigenvalue weighted by Gasteiger charge is -2.30. The van der Waals surface area contributed by atoms with Gasteiger partial charge in [-0.05, 0) is 12.3 Å². The Kier molecular flexibility index (Phi) is 3.93. The molecule has 0 aliphatic carbocycles. The smallest absolute Gasteiger partial charge is 0.223 e. The van der Waals surface area contributed by atoms with Crippen LogP contribution in [-0.2, 0) is 4.79 Å². The zero-order chi connectivity index (χ0) is 10.7. The van der Waals surface area contributed by atoms with Crippen LogP contribution < -0.4 is 0 Å². The maximum atomic E-state index is 11.7. The fourth-order valence-corrected chi connectivity index (χ4v) is 2.30. The van der Waals surface area contributed by atoms with Crippen molar-refractivity contribution < 1.29 is 9.90 Å². The summed E-state index contributed by atoms with van der Waals surface area (Å²) in [6.07, 6.45) is 1.53. The quantitative estimate of drug-likeness (QED) is 0.740. The monoisotopic (exact) mass is 199 g/mol. The van der Waals surface area contributed by atoms with Crippen molar-refractivity contribution in [2.75, 3.05) is 13.2 Å². The van der Waals surface area contributed by atoms with E-state index in [1.54, 1.807) is 0 Å². The molecule has 1 aliphatic heterocycles. The average Bonchev–Trinajstić information content (AvgIpc) is 2.48. The van der Waals surface area contributed by atoms with Gasteiger partial charge >= 0.3 is 0 Å². The standard InChI is InChI=1S/C11H21NO2/c1-4-10(8(2)3)12-6-9(7-13)5-11(12)14/h8-10,13H,4-7H2,1-3H3. The van der Waals surface area contributed by atoms with E-state index in [0.29, 0.717) is 18.4 Å². The van der Waals surface area contributed by atoms with Crippen molar-refractivity contribution in [2.24, 2.45) is 11.8 Å². The number of hydrogen-bond acceptors (Lipinski definition) is 2. The Labute approximate surface area is 86.1 Å². The van der Waals surface area contributed by atoms with Crippen LogP contribution in [0.25, 0.3) is 0 Å². The van der Waals surface area contributed by atoms with Gasteiger partial charge in [0.05, 0.1) is 0 Å². The summed E-state index contributed by atoms with van der Waals surface area (Å²) in [5.41, 5.74) is 0. The van der Waals surface area contributed by atoms with Crippen LogP contribution in [0.2, 0.25) is 0 Å². The van der Waals surface area contributed by atoms with Crippen molar-refractivity contribution >= 4 is 5.91 Å². The third-order valence-corrected chi connectivity index (χ3v) is 3.08. The van der Waals surface area contributed by atoms with Gasteiger partial charge in [-0.1, -0.05) is 20.8 Å². The van der Waals surface area contributed by atoms with Gasteiger partial charge in [-0.2, -0.15) is 0 Å². The van der Waals surface area contributed by atoms with E-state index in [1.807, 2.05) is 4.90 Å². The topological polar surface area (TPSA) is 40.5 Å². The van der Waals surface area contributed by atoms with Gasteiger partial charge in [0.25, 0.3) is 0 Å². The number of nitrogens with zero attached hydrogens (tertiary/aromatic N) is 1. The van der Waals surface area contributed by atoms with Crippen LogP contribution in [0.1, 0.15) is 33.6 Å². The lowest BCUT2D eigenvalue weighted by molar-refractivity contribution is -0.130. The average molecular weight is 199 g/mol. The van der Waals surface area contributed by atoms with E-state index in [1.165, 1.54) is 0 Å². The van der Waals surface area contributed by atoms with Gasteiger partial charge in [0, 0.05) is 31.5 Å². The summed E-state index contributed by atoms with van der Waals surface area (Å²) in [6.45, 7) is 7.29. The largest absolute Gasteiger partial charge is 0.396 e. The fraction of sp³-hybridized carbons (Fsp3) is 0.909. The SMILES string of the molecule is CCC(C(C)C)N1CC(CO)CC1=O. The number of carbonyl (C=O) groups excluding carboxylic acids is 1. The highest BCUT2D eigenvalue weighted by Gasteiger charge is 2.34. The summed E-state index contributed by atoms with van der Waals surface area (Å²) < 4.78 is 0. The van der Waals surface area contributed by atoms with E-state index in [9.17, 15) is 4.79 Å². The summed E-state index contributed by atoms with van der Waals surface area (Å²) >= 11 is 0. The van der Waals surface area contributed by atoms with Gasteiger partial charge in [-0.3, -0.25) is 4.79 Å². The van der Waals surface area contributed by atoms with E-state index < -0.39 is 0 Å². The molecule has 0 aromatic carbocycles. The van der Waals surface area contributed by atoms with Crippen LogP contribution in [0.5, 0.6) is 0 Å². The molecule has 1 aliphatic rings. The van der Waals surface area contributed by atoms with Crippen LogP contribution in [0.15, 0.2) is 0 Å². The van der Waals surface area contributed by atoms with E-state index in [0.717, 1.165) is 13.0 Å². The molecule has 3 heteroatoms. The van der Waals surface area contributed by atoms with Crippen molar-refractivity contribution in [3.63, 3.8) is 0 Å². The highest BCUT2D eigenvalue weighted by molar-refractivity contribution is 5.79. The second-order valence-corrected chi connectivity index (χ2v) is 4.52. The molecule has 0 radical (unpaired) electrons. The van der Waals surface area contributed by atoms with Crippen LogP contribution in [-0.4, -0.2) is 35.1 Å². The molecule has 0 bridgehead atoms. The lowest BCUT2D eigenvalue weighted by Crippen LogP contribution is -2.39. The van der Waals surface area contributed by atoms with Crippen LogP contribution in [0.4, 0.5) is 0 Å². The first-order chi connectivity index (χ1) is 6.60. The summed E-state index contributed by atoms with van der Waals surface area (Å²) in [4.78, 5) is 13.6. The van der Waals surface area contributed by atoms with Crippen molar-refractivity contribution in [3.05, 3.63) is 0 Å². The van der Waals surface area contributed by atoms with E-state index >= 15 is 0 Å². The molecule has 1 rings (SSSR count). The zero-order valence-electron chi connectivity index (χ0n) is 9.36. The number of carbonyl (C=O) groups is 1. The molecule has 0 spiro atoms. The van der Waals surface area contributed by atoms with E-state index in [-0.39, 0.29) is 18.4 Å². The summed E-state index contributed by atoms with van der Waals surface area (Å²) in [7, 11) is 0. The van der Waals surface area contributed by atoms with Crippen LogP contribution >= 0.6 is 0 Å². The molecule has 2 atom stereocenters.